The van der Waals surface area contributed by atoms with Gasteiger partial charge in [-0.2, -0.15) is 0 Å². The predicted molar refractivity (Wildman–Crippen MR) is 76.4 cm³/mol. The Bertz CT molecular complexity index is 498. The van der Waals surface area contributed by atoms with Crippen LogP contribution < -0.4 is 10.2 Å². The number of halogens is 1. The Labute approximate surface area is 123 Å². The molecular weight excluding hydrogens is 275 g/mol. The summed E-state index contributed by atoms with van der Waals surface area (Å²) in [7, 11) is 0. The van der Waals surface area contributed by atoms with Crippen molar-refractivity contribution in [2.45, 2.75) is 25.9 Å². The van der Waals surface area contributed by atoms with Crippen molar-refractivity contribution in [3.8, 4) is 0 Å². The third-order valence-corrected chi connectivity index (χ3v) is 3.38. The van der Waals surface area contributed by atoms with E-state index in [1.54, 1.807) is 12.1 Å². The average Bonchev–Trinajstić information content (AvgIpc) is 2.98. The molecule has 0 bridgehead atoms. The molecule has 2 amide bonds. The Morgan fingerprint density at radius 1 is 1.38 bits per heavy atom. The smallest absolute Gasteiger partial charge is 0.249 e. The molecule has 0 radical (unpaired) electrons. The second-order valence-electron chi connectivity index (χ2n) is 4.94. The van der Waals surface area contributed by atoms with Crippen LogP contribution in [-0.2, 0) is 14.3 Å². The van der Waals surface area contributed by atoms with Crippen LogP contribution >= 0.6 is 0 Å². The van der Waals surface area contributed by atoms with Crippen molar-refractivity contribution in [3.05, 3.63) is 30.1 Å². The number of nitrogens with one attached hydrogen (secondary N) is 1. The Morgan fingerprint density at radius 3 is 2.67 bits per heavy atom. The molecule has 1 unspecified atom stereocenters. The summed E-state index contributed by atoms with van der Waals surface area (Å²) in [5.74, 6) is -0.656. The molecule has 0 aromatic heterocycles. The zero-order valence-corrected chi connectivity index (χ0v) is 12.0. The number of hydrogen-bond donors (Lipinski definition) is 1. The van der Waals surface area contributed by atoms with Crippen LogP contribution in [0.5, 0.6) is 0 Å². The molecule has 1 heterocycles. The topological polar surface area (TPSA) is 58.6 Å². The molecule has 1 aliphatic heterocycles. The molecule has 1 fully saturated rings. The van der Waals surface area contributed by atoms with E-state index in [-0.39, 0.29) is 23.7 Å². The standard InChI is InChI=1S/C15H19FN2O3/c1-11(19)18(13-6-4-12(16)5-7-13)9-8-17-15(20)14-3-2-10-21-14/h4-7,14H,2-3,8-10H2,1H3,(H,17,20). The van der Waals surface area contributed by atoms with Gasteiger partial charge >= 0.3 is 0 Å². The molecule has 1 atom stereocenters. The molecule has 114 valence electrons. The fourth-order valence-electron chi connectivity index (χ4n) is 2.28. The van der Waals surface area contributed by atoms with Crippen molar-refractivity contribution in [2.24, 2.45) is 0 Å². The van der Waals surface area contributed by atoms with E-state index < -0.39 is 0 Å². The number of anilines is 1. The third kappa shape index (κ3) is 4.26. The van der Waals surface area contributed by atoms with Gasteiger partial charge in [-0.3, -0.25) is 9.59 Å². The molecule has 5 nitrogen and oxygen atoms in total. The van der Waals surface area contributed by atoms with Crippen molar-refractivity contribution in [3.63, 3.8) is 0 Å². The number of carbonyl (C=O) groups is 2. The Morgan fingerprint density at radius 2 is 2.10 bits per heavy atom. The second-order valence-corrected chi connectivity index (χ2v) is 4.94. The summed E-state index contributed by atoms with van der Waals surface area (Å²) in [5.41, 5.74) is 0.607. The van der Waals surface area contributed by atoms with E-state index >= 15 is 0 Å². The molecule has 21 heavy (non-hydrogen) atoms. The lowest BCUT2D eigenvalue weighted by Crippen LogP contribution is -2.41. The van der Waals surface area contributed by atoms with Gasteiger partial charge in [0.05, 0.1) is 0 Å². The zero-order valence-electron chi connectivity index (χ0n) is 12.0. The SMILES string of the molecule is CC(=O)N(CCNC(=O)C1CCCO1)c1ccc(F)cc1. The molecule has 1 aromatic carbocycles. The molecule has 0 saturated carbocycles. The van der Waals surface area contributed by atoms with Gasteiger partial charge in [0.2, 0.25) is 11.8 Å². The third-order valence-electron chi connectivity index (χ3n) is 3.38. The molecule has 6 heteroatoms. The Balaban J connectivity index is 1.87. The van der Waals surface area contributed by atoms with E-state index in [0.717, 1.165) is 12.8 Å². The molecule has 0 aliphatic carbocycles. The second kappa shape index (κ2) is 7.17. The van der Waals surface area contributed by atoms with E-state index in [1.807, 2.05) is 0 Å². The Hall–Kier alpha value is -1.95. The summed E-state index contributed by atoms with van der Waals surface area (Å²) in [6.45, 7) is 2.72. The first-order valence-corrected chi connectivity index (χ1v) is 7.01. The molecular formula is C15H19FN2O3. The van der Waals surface area contributed by atoms with Gasteiger partial charge in [0.15, 0.2) is 0 Å². The van der Waals surface area contributed by atoms with E-state index in [1.165, 1.54) is 24.0 Å². The Kier molecular flexibility index (Phi) is 5.27. The number of amides is 2. The first kappa shape index (κ1) is 15.4. The van der Waals surface area contributed by atoms with Crippen LogP contribution in [0.1, 0.15) is 19.8 Å². The summed E-state index contributed by atoms with van der Waals surface area (Å²) in [6, 6.07) is 5.68. The van der Waals surface area contributed by atoms with Crippen molar-refractivity contribution < 1.29 is 18.7 Å². The van der Waals surface area contributed by atoms with Crippen LogP contribution in [0, 0.1) is 5.82 Å². The van der Waals surface area contributed by atoms with Crippen LogP contribution in [0.2, 0.25) is 0 Å². The zero-order chi connectivity index (χ0) is 15.2. The number of rotatable bonds is 5. The van der Waals surface area contributed by atoms with Gasteiger partial charge in [0, 0.05) is 32.3 Å². The quantitative estimate of drug-likeness (QED) is 0.894. The predicted octanol–water partition coefficient (Wildman–Crippen LogP) is 1.47. The van der Waals surface area contributed by atoms with Gasteiger partial charge < -0.3 is 15.0 Å². The van der Waals surface area contributed by atoms with Gasteiger partial charge in [-0.15, -0.1) is 0 Å². The van der Waals surface area contributed by atoms with E-state index in [9.17, 15) is 14.0 Å². The van der Waals surface area contributed by atoms with Crippen molar-refractivity contribution in [1.29, 1.82) is 0 Å². The van der Waals surface area contributed by atoms with E-state index in [2.05, 4.69) is 5.32 Å². The fourth-order valence-corrected chi connectivity index (χ4v) is 2.28. The largest absolute Gasteiger partial charge is 0.368 e. The van der Waals surface area contributed by atoms with E-state index in [4.69, 9.17) is 4.74 Å². The maximum absolute atomic E-state index is 12.9. The molecule has 2 rings (SSSR count). The molecule has 1 N–H and O–H groups in total. The van der Waals surface area contributed by atoms with Gasteiger partial charge in [-0.1, -0.05) is 0 Å². The van der Waals surface area contributed by atoms with Gasteiger partial charge in [0.25, 0.3) is 0 Å². The number of nitrogens with zero attached hydrogens (tertiary/aromatic N) is 1. The van der Waals surface area contributed by atoms with Gasteiger partial charge in [-0.05, 0) is 37.1 Å². The first-order chi connectivity index (χ1) is 10.1. The molecule has 1 saturated heterocycles. The number of ether oxygens (including phenoxy) is 1. The highest BCUT2D eigenvalue weighted by Gasteiger charge is 2.23. The van der Waals surface area contributed by atoms with Crippen LogP contribution in [0.15, 0.2) is 24.3 Å². The minimum Gasteiger partial charge on any atom is -0.368 e. The lowest BCUT2D eigenvalue weighted by molar-refractivity contribution is -0.130. The van der Waals surface area contributed by atoms with Gasteiger partial charge in [0.1, 0.15) is 11.9 Å². The molecule has 0 spiro atoms. The average molecular weight is 294 g/mol. The highest BCUT2D eigenvalue weighted by Crippen LogP contribution is 2.15. The maximum Gasteiger partial charge on any atom is 0.249 e. The molecule has 1 aromatic rings. The molecule has 1 aliphatic rings. The van der Waals surface area contributed by atoms with E-state index in [0.29, 0.717) is 25.4 Å². The van der Waals surface area contributed by atoms with Crippen molar-refractivity contribution >= 4 is 17.5 Å². The van der Waals surface area contributed by atoms with Crippen LogP contribution in [0.3, 0.4) is 0 Å². The van der Waals surface area contributed by atoms with Crippen molar-refractivity contribution in [2.75, 3.05) is 24.6 Å². The van der Waals surface area contributed by atoms with Gasteiger partial charge in [-0.25, -0.2) is 4.39 Å². The van der Waals surface area contributed by atoms with Crippen molar-refractivity contribution in [1.82, 2.24) is 5.32 Å². The lowest BCUT2D eigenvalue weighted by Gasteiger charge is -2.21. The summed E-state index contributed by atoms with van der Waals surface area (Å²) < 4.78 is 18.2. The maximum atomic E-state index is 12.9. The van der Waals surface area contributed by atoms with Crippen LogP contribution in [0.25, 0.3) is 0 Å². The van der Waals surface area contributed by atoms with Crippen LogP contribution in [-0.4, -0.2) is 37.6 Å². The minimum atomic E-state index is -0.374. The summed E-state index contributed by atoms with van der Waals surface area (Å²) >= 11 is 0. The highest BCUT2D eigenvalue weighted by molar-refractivity contribution is 5.91. The highest BCUT2D eigenvalue weighted by atomic mass is 19.1. The summed E-state index contributed by atoms with van der Waals surface area (Å²) in [6.07, 6.45) is 1.26. The number of carbonyl (C=O) groups excluding carboxylic acids is 2. The minimum absolute atomic E-state index is 0.143. The van der Waals surface area contributed by atoms with Crippen LogP contribution in [0.4, 0.5) is 10.1 Å². The number of benzene rings is 1. The normalized spacial score (nSPS) is 17.5. The first-order valence-electron chi connectivity index (χ1n) is 7.01. The monoisotopic (exact) mass is 294 g/mol. The number of hydrogen-bond acceptors (Lipinski definition) is 3. The summed E-state index contributed by atoms with van der Waals surface area (Å²) in [4.78, 5) is 24.9. The summed E-state index contributed by atoms with van der Waals surface area (Å²) in [5, 5.41) is 2.76. The lowest BCUT2D eigenvalue weighted by atomic mass is 10.2. The fraction of sp³-hybridized carbons (Fsp3) is 0.467.